The second-order valence-corrected chi connectivity index (χ2v) is 7.37. The molecule has 1 fully saturated rings. The predicted octanol–water partition coefficient (Wildman–Crippen LogP) is 3.08. The molecule has 30 heavy (non-hydrogen) atoms. The first-order valence-electron chi connectivity index (χ1n) is 10.1. The molecule has 0 bridgehead atoms. The summed E-state index contributed by atoms with van der Waals surface area (Å²) in [5.41, 5.74) is 2.80. The zero-order valence-corrected chi connectivity index (χ0v) is 17.0. The minimum Gasteiger partial charge on any atom is -0.497 e. The first kappa shape index (κ1) is 19.8. The molecule has 1 aliphatic heterocycles. The van der Waals surface area contributed by atoms with Crippen molar-refractivity contribution in [2.24, 2.45) is 5.92 Å². The molecule has 0 saturated carbocycles. The maximum atomic E-state index is 12.6. The first-order valence-corrected chi connectivity index (χ1v) is 10.1. The number of pyridine rings is 1. The highest BCUT2D eigenvalue weighted by molar-refractivity contribution is 5.79. The summed E-state index contributed by atoms with van der Waals surface area (Å²) in [6.45, 7) is 2.03. The molecule has 1 amide bonds. The van der Waals surface area contributed by atoms with Crippen molar-refractivity contribution in [2.75, 3.05) is 25.1 Å². The largest absolute Gasteiger partial charge is 0.497 e. The van der Waals surface area contributed by atoms with E-state index in [1.807, 2.05) is 48.5 Å². The summed E-state index contributed by atoms with van der Waals surface area (Å²) in [5, 5.41) is 11.8. The van der Waals surface area contributed by atoms with Crippen molar-refractivity contribution in [3.8, 4) is 17.0 Å². The van der Waals surface area contributed by atoms with Crippen LogP contribution in [0.1, 0.15) is 18.4 Å². The van der Waals surface area contributed by atoms with Crippen molar-refractivity contribution in [2.45, 2.75) is 19.4 Å². The molecule has 1 aliphatic rings. The Morgan fingerprint density at radius 2 is 2.03 bits per heavy atom. The number of hydrogen-bond donors (Lipinski definition) is 1. The lowest BCUT2D eigenvalue weighted by molar-refractivity contribution is -0.125. The smallest absolute Gasteiger partial charge is 0.225 e. The van der Waals surface area contributed by atoms with Gasteiger partial charge in [-0.1, -0.05) is 6.07 Å². The summed E-state index contributed by atoms with van der Waals surface area (Å²) in [5.74, 6) is 1.63. The fourth-order valence-electron chi connectivity index (χ4n) is 3.65. The number of methoxy groups -OCH3 is 1. The van der Waals surface area contributed by atoms with Gasteiger partial charge in [0, 0.05) is 37.6 Å². The van der Waals surface area contributed by atoms with E-state index in [1.54, 1.807) is 19.5 Å². The van der Waals surface area contributed by atoms with E-state index < -0.39 is 0 Å². The normalized spacial score (nSPS) is 16.2. The van der Waals surface area contributed by atoms with Crippen LogP contribution in [0.15, 0.2) is 60.9 Å². The van der Waals surface area contributed by atoms with Crippen molar-refractivity contribution < 1.29 is 9.53 Å². The number of carbonyl (C=O) groups excluding carboxylic acids is 1. The number of benzene rings is 1. The SMILES string of the molecule is COc1ccc(-c2ccc(N3CCC[C@@H](C(=O)NCc4cccnc4)C3)nn2)cc1. The Balaban J connectivity index is 1.37. The third-order valence-electron chi connectivity index (χ3n) is 5.34. The third-order valence-corrected chi connectivity index (χ3v) is 5.34. The number of nitrogens with zero attached hydrogens (tertiary/aromatic N) is 4. The Bertz CT molecular complexity index is 961. The van der Waals surface area contributed by atoms with E-state index >= 15 is 0 Å². The molecule has 3 aromatic rings. The van der Waals surface area contributed by atoms with Crippen LogP contribution >= 0.6 is 0 Å². The number of piperidine rings is 1. The summed E-state index contributed by atoms with van der Waals surface area (Å²) in [6.07, 6.45) is 5.33. The number of hydrogen-bond acceptors (Lipinski definition) is 6. The van der Waals surface area contributed by atoms with Gasteiger partial charge in [0.15, 0.2) is 5.82 Å². The molecule has 0 unspecified atom stereocenters. The number of carbonyl (C=O) groups is 1. The number of ether oxygens (including phenoxy) is 1. The van der Waals surface area contributed by atoms with Gasteiger partial charge < -0.3 is 15.0 Å². The average molecular weight is 403 g/mol. The molecule has 3 heterocycles. The molecule has 1 atom stereocenters. The molecular weight excluding hydrogens is 378 g/mol. The molecular formula is C23H25N5O2. The van der Waals surface area contributed by atoms with E-state index in [1.165, 1.54) is 0 Å². The van der Waals surface area contributed by atoms with Crippen LogP contribution in [0.3, 0.4) is 0 Å². The van der Waals surface area contributed by atoms with Crippen molar-refractivity contribution in [3.05, 3.63) is 66.5 Å². The van der Waals surface area contributed by atoms with E-state index in [0.29, 0.717) is 13.1 Å². The van der Waals surface area contributed by atoms with E-state index in [0.717, 1.165) is 47.8 Å². The predicted molar refractivity (Wildman–Crippen MR) is 115 cm³/mol. The second-order valence-electron chi connectivity index (χ2n) is 7.37. The van der Waals surface area contributed by atoms with E-state index in [-0.39, 0.29) is 11.8 Å². The fourth-order valence-corrected chi connectivity index (χ4v) is 3.65. The standard InChI is InChI=1S/C23H25N5O2/c1-30-20-8-6-18(7-9-20)21-10-11-22(27-26-21)28-13-3-5-19(16-28)23(29)25-15-17-4-2-12-24-14-17/h2,4,6-12,14,19H,3,5,13,15-16H2,1H3,(H,25,29)/t19-/m1/s1. The summed E-state index contributed by atoms with van der Waals surface area (Å²) in [4.78, 5) is 18.9. The molecule has 0 aliphatic carbocycles. The van der Waals surface area contributed by atoms with Crippen molar-refractivity contribution in [1.82, 2.24) is 20.5 Å². The number of rotatable bonds is 6. The van der Waals surface area contributed by atoms with Gasteiger partial charge in [-0.25, -0.2) is 0 Å². The van der Waals surface area contributed by atoms with Crippen LogP contribution in [-0.4, -0.2) is 41.3 Å². The minimum absolute atomic E-state index is 0.0570. The molecule has 1 N–H and O–H groups in total. The van der Waals surface area contributed by atoms with Crippen LogP contribution in [0, 0.1) is 5.92 Å². The maximum absolute atomic E-state index is 12.6. The number of amides is 1. The molecule has 7 nitrogen and oxygen atoms in total. The van der Waals surface area contributed by atoms with Gasteiger partial charge in [0.25, 0.3) is 0 Å². The number of anilines is 1. The summed E-state index contributed by atoms with van der Waals surface area (Å²) < 4.78 is 5.20. The number of nitrogens with one attached hydrogen (secondary N) is 1. The van der Waals surface area contributed by atoms with Gasteiger partial charge in [-0.05, 0) is 60.9 Å². The minimum atomic E-state index is -0.0570. The van der Waals surface area contributed by atoms with Crippen LogP contribution in [0.2, 0.25) is 0 Å². The monoisotopic (exact) mass is 403 g/mol. The Morgan fingerprint density at radius 1 is 1.17 bits per heavy atom. The number of aromatic nitrogens is 3. The molecule has 1 aromatic carbocycles. The van der Waals surface area contributed by atoms with E-state index in [2.05, 4.69) is 25.4 Å². The molecule has 0 radical (unpaired) electrons. The Kier molecular flexibility index (Phi) is 6.17. The summed E-state index contributed by atoms with van der Waals surface area (Å²) >= 11 is 0. The quantitative estimate of drug-likeness (QED) is 0.681. The highest BCUT2D eigenvalue weighted by Gasteiger charge is 2.26. The second kappa shape index (κ2) is 9.35. The van der Waals surface area contributed by atoms with Gasteiger partial charge in [-0.15, -0.1) is 10.2 Å². The van der Waals surface area contributed by atoms with Crippen LogP contribution in [0.25, 0.3) is 11.3 Å². The lowest BCUT2D eigenvalue weighted by Crippen LogP contribution is -2.43. The average Bonchev–Trinajstić information content (AvgIpc) is 2.83. The first-order chi connectivity index (χ1) is 14.7. The third kappa shape index (κ3) is 4.74. The van der Waals surface area contributed by atoms with E-state index in [4.69, 9.17) is 4.74 Å². The summed E-state index contributed by atoms with van der Waals surface area (Å²) in [6, 6.07) is 15.5. The van der Waals surface area contributed by atoms with Gasteiger partial charge in [0.2, 0.25) is 5.91 Å². The van der Waals surface area contributed by atoms with Crippen molar-refractivity contribution >= 4 is 11.7 Å². The highest BCUT2D eigenvalue weighted by Crippen LogP contribution is 2.24. The molecule has 7 heteroatoms. The molecule has 4 rings (SSSR count). The Hall–Kier alpha value is -3.48. The fraction of sp³-hybridized carbons (Fsp3) is 0.304. The lowest BCUT2D eigenvalue weighted by atomic mass is 9.97. The Morgan fingerprint density at radius 3 is 2.73 bits per heavy atom. The van der Waals surface area contributed by atoms with Gasteiger partial charge >= 0.3 is 0 Å². The zero-order chi connectivity index (χ0) is 20.8. The topological polar surface area (TPSA) is 80.2 Å². The van der Waals surface area contributed by atoms with Gasteiger partial charge in [-0.2, -0.15) is 0 Å². The lowest BCUT2D eigenvalue weighted by Gasteiger charge is -2.32. The van der Waals surface area contributed by atoms with Crippen molar-refractivity contribution in [3.63, 3.8) is 0 Å². The van der Waals surface area contributed by atoms with Gasteiger partial charge in [-0.3, -0.25) is 9.78 Å². The van der Waals surface area contributed by atoms with Crippen molar-refractivity contribution in [1.29, 1.82) is 0 Å². The van der Waals surface area contributed by atoms with Crippen LogP contribution < -0.4 is 15.0 Å². The van der Waals surface area contributed by atoms with E-state index in [9.17, 15) is 4.79 Å². The van der Waals surface area contributed by atoms with Gasteiger partial charge in [0.1, 0.15) is 5.75 Å². The summed E-state index contributed by atoms with van der Waals surface area (Å²) in [7, 11) is 1.65. The molecule has 1 saturated heterocycles. The zero-order valence-electron chi connectivity index (χ0n) is 17.0. The van der Waals surface area contributed by atoms with Crippen LogP contribution in [0.4, 0.5) is 5.82 Å². The molecule has 0 spiro atoms. The Labute approximate surface area is 176 Å². The van der Waals surface area contributed by atoms with Gasteiger partial charge in [0.05, 0.1) is 18.7 Å². The highest BCUT2D eigenvalue weighted by atomic mass is 16.5. The molecule has 154 valence electrons. The van der Waals surface area contributed by atoms with Crippen LogP contribution in [0.5, 0.6) is 5.75 Å². The van der Waals surface area contributed by atoms with Crippen LogP contribution in [-0.2, 0) is 11.3 Å². The molecule has 2 aromatic heterocycles. The maximum Gasteiger partial charge on any atom is 0.225 e.